The molecule has 0 aromatic rings. The molecule has 0 saturated heterocycles. The highest BCUT2D eigenvalue weighted by molar-refractivity contribution is 5.81. The Morgan fingerprint density at radius 1 is 1.57 bits per heavy atom. The lowest BCUT2D eigenvalue weighted by Crippen LogP contribution is -2.45. The molecule has 0 heterocycles. The Balaban J connectivity index is 4.12. The van der Waals surface area contributed by atoms with E-state index in [1.54, 1.807) is 0 Å². The highest BCUT2D eigenvalue weighted by Crippen LogP contribution is 2.17. The van der Waals surface area contributed by atoms with Crippen LogP contribution in [0.5, 0.6) is 0 Å². The minimum atomic E-state index is -0.988. The fraction of sp³-hybridized carbons (Fsp3) is 0.778. The van der Waals surface area contributed by atoms with Gasteiger partial charge in [-0.2, -0.15) is 0 Å². The molecule has 1 atom stereocenters. The van der Waals surface area contributed by atoms with Gasteiger partial charge in [0, 0.05) is 6.04 Å². The van der Waals surface area contributed by atoms with Crippen LogP contribution in [0.2, 0.25) is 0 Å². The van der Waals surface area contributed by atoms with E-state index in [1.807, 2.05) is 6.92 Å². The molecule has 0 radical (unpaired) electrons. The van der Waals surface area contributed by atoms with E-state index in [0.717, 1.165) is 0 Å². The van der Waals surface area contributed by atoms with Crippen LogP contribution in [0.15, 0.2) is 4.99 Å². The summed E-state index contributed by atoms with van der Waals surface area (Å²) in [4.78, 5) is 13.9. The maximum Gasteiger partial charge on any atom is 0.325 e. The van der Waals surface area contributed by atoms with Crippen LogP contribution in [-0.4, -0.2) is 29.6 Å². The zero-order valence-corrected chi connectivity index (χ0v) is 9.16. The topological polar surface area (TPSA) is 87.7 Å². The van der Waals surface area contributed by atoms with E-state index >= 15 is 0 Å². The summed E-state index contributed by atoms with van der Waals surface area (Å²) in [6.07, 6.45) is 0. The standard InChI is InChI=1S/C9H19N3O2/c1-6(9(2,3)4)12-8(10)11-5-7(13)14/h6H,5H2,1-4H3,(H,13,14)(H3,10,11,12). The van der Waals surface area contributed by atoms with E-state index < -0.39 is 5.97 Å². The summed E-state index contributed by atoms with van der Waals surface area (Å²) in [7, 11) is 0. The van der Waals surface area contributed by atoms with E-state index in [0.29, 0.717) is 0 Å². The summed E-state index contributed by atoms with van der Waals surface area (Å²) in [6.45, 7) is 7.87. The lowest BCUT2D eigenvalue weighted by Gasteiger charge is -2.28. The maximum absolute atomic E-state index is 10.2. The van der Waals surface area contributed by atoms with Crippen LogP contribution in [0, 0.1) is 5.41 Å². The van der Waals surface area contributed by atoms with Crippen LogP contribution in [0.3, 0.4) is 0 Å². The molecule has 0 aliphatic heterocycles. The highest BCUT2D eigenvalue weighted by Gasteiger charge is 2.19. The number of hydrogen-bond acceptors (Lipinski definition) is 2. The third-order valence-corrected chi connectivity index (χ3v) is 2.05. The first-order chi connectivity index (χ1) is 6.23. The van der Waals surface area contributed by atoms with Crippen molar-refractivity contribution in [2.45, 2.75) is 33.7 Å². The summed E-state index contributed by atoms with van der Waals surface area (Å²) in [6, 6.07) is 0.139. The molecular weight excluding hydrogens is 182 g/mol. The molecule has 0 fully saturated rings. The van der Waals surface area contributed by atoms with Crippen molar-refractivity contribution in [3.63, 3.8) is 0 Å². The van der Waals surface area contributed by atoms with Crippen molar-refractivity contribution in [3.8, 4) is 0 Å². The van der Waals surface area contributed by atoms with Gasteiger partial charge in [-0.05, 0) is 12.3 Å². The van der Waals surface area contributed by atoms with Crippen molar-refractivity contribution in [3.05, 3.63) is 0 Å². The molecular formula is C9H19N3O2. The number of carbonyl (C=O) groups is 1. The van der Waals surface area contributed by atoms with Gasteiger partial charge in [0.15, 0.2) is 5.96 Å². The van der Waals surface area contributed by atoms with E-state index in [1.165, 1.54) is 0 Å². The van der Waals surface area contributed by atoms with Crippen LogP contribution in [-0.2, 0) is 4.79 Å². The van der Waals surface area contributed by atoms with E-state index in [2.05, 4.69) is 31.1 Å². The molecule has 0 rings (SSSR count). The first-order valence-corrected chi connectivity index (χ1v) is 4.51. The Bertz CT molecular complexity index is 231. The normalized spacial score (nSPS) is 15.0. The van der Waals surface area contributed by atoms with E-state index in [4.69, 9.17) is 10.8 Å². The van der Waals surface area contributed by atoms with Gasteiger partial charge in [-0.1, -0.05) is 20.8 Å². The van der Waals surface area contributed by atoms with Crippen molar-refractivity contribution in [2.24, 2.45) is 16.1 Å². The van der Waals surface area contributed by atoms with Gasteiger partial charge < -0.3 is 16.2 Å². The quantitative estimate of drug-likeness (QED) is 0.456. The zero-order chi connectivity index (χ0) is 11.4. The molecule has 1 unspecified atom stereocenters. The summed E-state index contributed by atoms with van der Waals surface area (Å²) in [5, 5.41) is 11.3. The molecule has 0 amide bonds. The molecule has 4 N–H and O–H groups in total. The molecule has 14 heavy (non-hydrogen) atoms. The number of carboxylic acid groups (broad SMARTS) is 1. The fourth-order valence-electron chi connectivity index (χ4n) is 0.637. The first kappa shape index (κ1) is 12.7. The van der Waals surface area contributed by atoms with Gasteiger partial charge >= 0.3 is 5.97 Å². The SMILES string of the molecule is CC(NC(N)=NCC(=O)O)C(C)(C)C. The van der Waals surface area contributed by atoms with Gasteiger partial charge in [0.05, 0.1) is 0 Å². The Kier molecular flexibility index (Phi) is 4.40. The molecule has 0 spiro atoms. The monoisotopic (exact) mass is 201 g/mol. The van der Waals surface area contributed by atoms with Crippen LogP contribution in [0.25, 0.3) is 0 Å². The van der Waals surface area contributed by atoms with Gasteiger partial charge in [-0.3, -0.25) is 4.79 Å². The van der Waals surface area contributed by atoms with Crippen LogP contribution < -0.4 is 11.1 Å². The van der Waals surface area contributed by atoms with Crippen molar-refractivity contribution < 1.29 is 9.90 Å². The fourth-order valence-corrected chi connectivity index (χ4v) is 0.637. The van der Waals surface area contributed by atoms with Gasteiger partial charge in [0.25, 0.3) is 0 Å². The predicted molar refractivity (Wildman–Crippen MR) is 56.2 cm³/mol. The lowest BCUT2D eigenvalue weighted by atomic mass is 9.88. The number of nitrogens with two attached hydrogens (primary N) is 1. The second-order valence-electron chi connectivity index (χ2n) is 4.33. The van der Waals surface area contributed by atoms with Gasteiger partial charge in [0.2, 0.25) is 0 Å². The third-order valence-electron chi connectivity index (χ3n) is 2.05. The number of rotatable bonds is 3. The number of guanidine groups is 1. The van der Waals surface area contributed by atoms with Gasteiger partial charge in [0.1, 0.15) is 6.54 Å². The molecule has 0 aliphatic rings. The summed E-state index contributed by atoms with van der Waals surface area (Å²) in [5.41, 5.74) is 5.55. The number of aliphatic imine (C=N–C) groups is 1. The Morgan fingerprint density at radius 2 is 2.07 bits per heavy atom. The second kappa shape index (κ2) is 4.83. The van der Waals surface area contributed by atoms with Crippen molar-refractivity contribution >= 4 is 11.9 Å². The lowest BCUT2D eigenvalue weighted by molar-refractivity contribution is -0.135. The van der Waals surface area contributed by atoms with Crippen molar-refractivity contribution in [1.29, 1.82) is 0 Å². The molecule has 0 aromatic carbocycles. The summed E-state index contributed by atoms with van der Waals surface area (Å²) in [5.74, 6) is -0.812. The highest BCUT2D eigenvalue weighted by atomic mass is 16.4. The molecule has 5 nitrogen and oxygen atoms in total. The van der Waals surface area contributed by atoms with Crippen LogP contribution in [0.1, 0.15) is 27.7 Å². The Morgan fingerprint density at radius 3 is 2.43 bits per heavy atom. The van der Waals surface area contributed by atoms with E-state index in [9.17, 15) is 4.79 Å². The molecule has 5 heteroatoms. The maximum atomic E-state index is 10.2. The van der Waals surface area contributed by atoms with Gasteiger partial charge in [-0.15, -0.1) is 0 Å². The smallest absolute Gasteiger partial charge is 0.325 e. The van der Waals surface area contributed by atoms with Crippen LogP contribution in [0.4, 0.5) is 0 Å². The first-order valence-electron chi connectivity index (χ1n) is 4.51. The predicted octanol–water partition coefficient (Wildman–Crippen LogP) is 0.410. The number of hydrogen-bond donors (Lipinski definition) is 3. The number of aliphatic carboxylic acids is 1. The number of nitrogens with zero attached hydrogens (tertiary/aromatic N) is 1. The van der Waals surface area contributed by atoms with Crippen LogP contribution >= 0.6 is 0 Å². The van der Waals surface area contributed by atoms with Crippen molar-refractivity contribution in [2.75, 3.05) is 6.54 Å². The van der Waals surface area contributed by atoms with E-state index in [-0.39, 0.29) is 24.0 Å². The zero-order valence-electron chi connectivity index (χ0n) is 9.16. The summed E-state index contributed by atoms with van der Waals surface area (Å²) >= 11 is 0. The molecule has 0 saturated carbocycles. The van der Waals surface area contributed by atoms with Gasteiger partial charge in [-0.25, -0.2) is 4.99 Å². The largest absolute Gasteiger partial charge is 0.480 e. The Hall–Kier alpha value is -1.26. The summed E-state index contributed by atoms with van der Waals surface area (Å²) < 4.78 is 0. The minimum absolute atomic E-state index is 0.0589. The van der Waals surface area contributed by atoms with Crippen molar-refractivity contribution in [1.82, 2.24) is 5.32 Å². The molecule has 82 valence electrons. The second-order valence-corrected chi connectivity index (χ2v) is 4.33. The molecule has 0 bridgehead atoms. The molecule has 0 aromatic heterocycles. The molecule has 0 aliphatic carbocycles. The average Bonchev–Trinajstić information content (AvgIpc) is 1.99. The minimum Gasteiger partial charge on any atom is -0.480 e. The Labute approximate surface area is 84.4 Å². The average molecular weight is 201 g/mol. The number of carboxylic acids is 1. The number of nitrogens with one attached hydrogen (secondary N) is 1. The third kappa shape index (κ3) is 5.40.